The van der Waals surface area contributed by atoms with Crippen molar-refractivity contribution in [1.82, 2.24) is 4.98 Å². The second-order valence-corrected chi connectivity index (χ2v) is 5.02. The first-order valence-corrected chi connectivity index (χ1v) is 6.65. The minimum atomic E-state index is -4.33. The number of thiazole rings is 1. The Balaban J connectivity index is 2.02. The molecule has 0 bridgehead atoms. The van der Waals surface area contributed by atoms with E-state index in [0.29, 0.717) is 13.0 Å². The Morgan fingerprint density at radius 2 is 2.00 bits per heavy atom. The fourth-order valence-corrected chi connectivity index (χ4v) is 2.54. The van der Waals surface area contributed by atoms with E-state index in [-0.39, 0.29) is 5.69 Å². The molecule has 1 aromatic carbocycles. The van der Waals surface area contributed by atoms with Gasteiger partial charge in [-0.2, -0.15) is 13.2 Å². The van der Waals surface area contributed by atoms with Gasteiger partial charge in [-0.1, -0.05) is 12.1 Å². The van der Waals surface area contributed by atoms with Crippen molar-refractivity contribution in [2.24, 2.45) is 0 Å². The number of nitrogens with one attached hydrogen (secondary N) is 1. The minimum absolute atomic E-state index is 0.122. The summed E-state index contributed by atoms with van der Waals surface area (Å²) < 4.78 is 38.3. The van der Waals surface area contributed by atoms with Gasteiger partial charge in [0.2, 0.25) is 0 Å². The van der Waals surface area contributed by atoms with Gasteiger partial charge in [-0.15, -0.1) is 11.3 Å². The molecule has 0 radical (unpaired) electrons. The highest BCUT2D eigenvalue weighted by atomic mass is 32.1. The summed E-state index contributed by atoms with van der Waals surface area (Å²) >= 11 is 1.52. The van der Waals surface area contributed by atoms with Crippen LogP contribution in [0.4, 0.5) is 18.9 Å². The van der Waals surface area contributed by atoms with E-state index in [1.54, 1.807) is 11.6 Å². The third kappa shape index (κ3) is 3.47. The van der Waals surface area contributed by atoms with Crippen LogP contribution in [0.15, 0.2) is 29.8 Å². The Labute approximate surface area is 113 Å². The number of benzene rings is 1. The molecule has 0 saturated carbocycles. The number of hydrogen-bond donors (Lipinski definition) is 1. The molecule has 2 nitrogen and oxygen atoms in total. The first-order chi connectivity index (χ1) is 8.98. The lowest BCUT2D eigenvalue weighted by Gasteiger charge is -2.14. The molecule has 0 fully saturated rings. The largest absolute Gasteiger partial charge is 0.418 e. The standard InChI is InChI=1S/C13H13F3N2S/c1-9-12(19-8-18-9)6-7-17-11-5-3-2-4-10(11)13(14,15)16/h2-5,8,17H,6-7H2,1H3. The van der Waals surface area contributed by atoms with Crippen LogP contribution in [0, 0.1) is 6.92 Å². The lowest BCUT2D eigenvalue weighted by molar-refractivity contribution is -0.136. The Morgan fingerprint density at radius 3 is 2.63 bits per heavy atom. The van der Waals surface area contributed by atoms with E-state index in [0.717, 1.165) is 16.6 Å². The Hall–Kier alpha value is -1.56. The second-order valence-electron chi connectivity index (χ2n) is 4.08. The van der Waals surface area contributed by atoms with Crippen molar-refractivity contribution >= 4 is 17.0 Å². The highest BCUT2D eigenvalue weighted by Crippen LogP contribution is 2.34. The first kappa shape index (κ1) is 13.9. The summed E-state index contributed by atoms with van der Waals surface area (Å²) in [6.07, 6.45) is -3.66. The summed E-state index contributed by atoms with van der Waals surface area (Å²) in [5.74, 6) is 0. The van der Waals surface area contributed by atoms with Crippen LogP contribution in [-0.4, -0.2) is 11.5 Å². The molecule has 0 aliphatic carbocycles. The zero-order valence-electron chi connectivity index (χ0n) is 10.3. The van der Waals surface area contributed by atoms with Crippen molar-refractivity contribution < 1.29 is 13.2 Å². The number of nitrogens with zero attached hydrogens (tertiary/aromatic N) is 1. The molecule has 0 spiro atoms. The molecule has 2 aromatic rings. The van der Waals surface area contributed by atoms with Gasteiger partial charge in [0.25, 0.3) is 0 Å². The number of hydrogen-bond acceptors (Lipinski definition) is 3. The van der Waals surface area contributed by atoms with Gasteiger partial charge in [0.05, 0.1) is 16.8 Å². The molecule has 2 rings (SSSR count). The van der Waals surface area contributed by atoms with E-state index >= 15 is 0 Å². The smallest absolute Gasteiger partial charge is 0.384 e. The van der Waals surface area contributed by atoms with E-state index < -0.39 is 11.7 Å². The molecule has 1 heterocycles. The van der Waals surface area contributed by atoms with Crippen molar-refractivity contribution in [3.63, 3.8) is 0 Å². The maximum atomic E-state index is 12.8. The summed E-state index contributed by atoms with van der Waals surface area (Å²) in [4.78, 5) is 5.20. The average Bonchev–Trinajstić information content (AvgIpc) is 2.75. The lowest BCUT2D eigenvalue weighted by Crippen LogP contribution is -2.12. The van der Waals surface area contributed by atoms with Crippen molar-refractivity contribution in [3.8, 4) is 0 Å². The van der Waals surface area contributed by atoms with Crippen LogP contribution in [0.5, 0.6) is 0 Å². The van der Waals surface area contributed by atoms with Crippen LogP contribution in [0.3, 0.4) is 0 Å². The molecule has 0 aliphatic heterocycles. The number of para-hydroxylation sites is 1. The van der Waals surface area contributed by atoms with Crippen LogP contribution >= 0.6 is 11.3 Å². The van der Waals surface area contributed by atoms with E-state index in [1.807, 2.05) is 6.92 Å². The van der Waals surface area contributed by atoms with Gasteiger partial charge in [0, 0.05) is 23.5 Å². The topological polar surface area (TPSA) is 24.9 Å². The fraction of sp³-hybridized carbons (Fsp3) is 0.308. The Bertz CT molecular complexity index is 549. The van der Waals surface area contributed by atoms with Gasteiger partial charge in [-0.05, 0) is 19.1 Å². The monoisotopic (exact) mass is 286 g/mol. The molecular formula is C13H13F3N2S. The van der Waals surface area contributed by atoms with Crippen LogP contribution in [-0.2, 0) is 12.6 Å². The van der Waals surface area contributed by atoms with E-state index in [4.69, 9.17) is 0 Å². The van der Waals surface area contributed by atoms with Crippen LogP contribution < -0.4 is 5.32 Å². The van der Waals surface area contributed by atoms with E-state index in [2.05, 4.69) is 10.3 Å². The SMILES string of the molecule is Cc1ncsc1CCNc1ccccc1C(F)(F)F. The Morgan fingerprint density at radius 1 is 1.26 bits per heavy atom. The molecule has 0 atom stereocenters. The molecule has 0 amide bonds. The van der Waals surface area contributed by atoms with E-state index in [1.165, 1.54) is 23.5 Å². The predicted octanol–water partition coefficient (Wildman–Crippen LogP) is 4.12. The normalized spacial score (nSPS) is 11.6. The third-order valence-corrected chi connectivity index (χ3v) is 3.74. The summed E-state index contributed by atoms with van der Waals surface area (Å²) in [6.45, 7) is 2.35. The third-order valence-electron chi connectivity index (χ3n) is 2.74. The molecule has 6 heteroatoms. The van der Waals surface area contributed by atoms with Gasteiger partial charge >= 0.3 is 6.18 Å². The van der Waals surface area contributed by atoms with Crippen LogP contribution in [0.25, 0.3) is 0 Å². The number of anilines is 1. The number of aromatic nitrogens is 1. The van der Waals surface area contributed by atoms with Gasteiger partial charge in [-0.25, -0.2) is 4.98 Å². The summed E-state index contributed by atoms with van der Waals surface area (Å²) in [6, 6.07) is 5.51. The van der Waals surface area contributed by atoms with Gasteiger partial charge in [0.15, 0.2) is 0 Å². The number of alkyl halides is 3. The quantitative estimate of drug-likeness (QED) is 0.914. The van der Waals surface area contributed by atoms with Crippen LogP contribution in [0.1, 0.15) is 16.1 Å². The maximum absolute atomic E-state index is 12.8. The van der Waals surface area contributed by atoms with Crippen molar-refractivity contribution in [2.45, 2.75) is 19.5 Å². The highest BCUT2D eigenvalue weighted by Gasteiger charge is 2.32. The van der Waals surface area contributed by atoms with Crippen LogP contribution in [0.2, 0.25) is 0 Å². The van der Waals surface area contributed by atoms with Crippen molar-refractivity contribution in [2.75, 3.05) is 11.9 Å². The van der Waals surface area contributed by atoms with Gasteiger partial charge < -0.3 is 5.32 Å². The molecule has 0 unspecified atom stereocenters. The molecular weight excluding hydrogens is 273 g/mol. The molecule has 1 aromatic heterocycles. The fourth-order valence-electron chi connectivity index (χ4n) is 1.76. The number of aryl methyl sites for hydroxylation is 1. The average molecular weight is 286 g/mol. The summed E-state index contributed by atoms with van der Waals surface area (Å²) in [7, 11) is 0. The molecule has 0 saturated heterocycles. The van der Waals surface area contributed by atoms with Crippen molar-refractivity contribution in [3.05, 3.63) is 45.9 Å². The Kier molecular flexibility index (Phi) is 4.09. The summed E-state index contributed by atoms with van der Waals surface area (Å²) in [5.41, 5.74) is 2.18. The zero-order valence-corrected chi connectivity index (χ0v) is 11.1. The molecule has 102 valence electrons. The predicted molar refractivity (Wildman–Crippen MR) is 70.5 cm³/mol. The van der Waals surface area contributed by atoms with Crippen molar-refractivity contribution in [1.29, 1.82) is 0 Å². The minimum Gasteiger partial charge on any atom is -0.384 e. The zero-order chi connectivity index (χ0) is 13.9. The van der Waals surface area contributed by atoms with E-state index in [9.17, 15) is 13.2 Å². The second kappa shape index (κ2) is 5.61. The highest BCUT2D eigenvalue weighted by molar-refractivity contribution is 7.09. The number of rotatable bonds is 4. The van der Waals surface area contributed by atoms with Gasteiger partial charge in [-0.3, -0.25) is 0 Å². The molecule has 19 heavy (non-hydrogen) atoms. The lowest BCUT2D eigenvalue weighted by atomic mass is 10.1. The molecule has 1 N–H and O–H groups in total. The maximum Gasteiger partial charge on any atom is 0.418 e. The number of halogens is 3. The van der Waals surface area contributed by atoms with Gasteiger partial charge in [0.1, 0.15) is 0 Å². The first-order valence-electron chi connectivity index (χ1n) is 5.77. The molecule has 0 aliphatic rings. The summed E-state index contributed by atoms with van der Waals surface area (Å²) in [5, 5.41) is 2.84.